The summed E-state index contributed by atoms with van der Waals surface area (Å²) in [6, 6.07) is 16.0. The molecule has 1 aromatic heterocycles. The van der Waals surface area contributed by atoms with Crippen LogP contribution in [-0.4, -0.2) is 36.8 Å². The van der Waals surface area contributed by atoms with Crippen LogP contribution < -0.4 is 4.90 Å². The SMILES string of the molecule is BN1CCC2(CC1)C(=O)N(c1ccccc1)C2c1ccccn1. The molecule has 0 radical (unpaired) electrons. The molecule has 1 spiro atoms. The molecule has 1 atom stereocenters. The smallest absolute Gasteiger partial charge is 0.236 e. The van der Waals surface area contributed by atoms with Crippen LogP contribution in [0, 0.1) is 5.41 Å². The van der Waals surface area contributed by atoms with Crippen molar-refractivity contribution in [1.29, 1.82) is 0 Å². The molecule has 1 aromatic carbocycles. The normalized spacial score (nSPS) is 23.7. The van der Waals surface area contributed by atoms with Crippen molar-refractivity contribution in [2.45, 2.75) is 18.9 Å². The lowest BCUT2D eigenvalue weighted by atomic mass is 9.62. The number of anilines is 1. The van der Waals surface area contributed by atoms with E-state index < -0.39 is 0 Å². The molecule has 2 saturated heterocycles. The number of aromatic nitrogens is 1. The molecular formula is C18H20BN3O. The van der Waals surface area contributed by atoms with Crippen LogP contribution in [0.25, 0.3) is 0 Å². The Balaban J connectivity index is 1.75. The monoisotopic (exact) mass is 305 g/mol. The number of nitrogens with zero attached hydrogens (tertiary/aromatic N) is 3. The third-order valence-electron chi connectivity index (χ3n) is 5.31. The third kappa shape index (κ3) is 2.19. The van der Waals surface area contributed by atoms with E-state index in [2.05, 4.69) is 17.8 Å². The highest BCUT2D eigenvalue weighted by atomic mass is 16.2. The number of carbonyl (C=O) groups is 1. The van der Waals surface area contributed by atoms with Gasteiger partial charge in [0.25, 0.3) is 0 Å². The van der Waals surface area contributed by atoms with E-state index in [0.717, 1.165) is 37.3 Å². The van der Waals surface area contributed by atoms with Crippen LogP contribution in [0.2, 0.25) is 0 Å². The first-order valence-electron chi connectivity index (χ1n) is 8.20. The van der Waals surface area contributed by atoms with Crippen molar-refractivity contribution in [3.8, 4) is 0 Å². The van der Waals surface area contributed by atoms with Gasteiger partial charge in [0.2, 0.25) is 5.91 Å². The molecule has 3 heterocycles. The minimum Gasteiger partial charge on any atom is -0.349 e. The van der Waals surface area contributed by atoms with Crippen molar-refractivity contribution in [2.24, 2.45) is 5.41 Å². The third-order valence-corrected chi connectivity index (χ3v) is 5.31. The molecule has 1 amide bonds. The van der Waals surface area contributed by atoms with E-state index in [-0.39, 0.29) is 17.4 Å². The number of β-lactam (4-membered cyclic amide) rings is 1. The maximum absolute atomic E-state index is 13.1. The van der Waals surface area contributed by atoms with E-state index in [0.29, 0.717) is 0 Å². The van der Waals surface area contributed by atoms with Crippen molar-refractivity contribution in [2.75, 3.05) is 18.0 Å². The molecule has 4 nitrogen and oxygen atoms in total. The summed E-state index contributed by atoms with van der Waals surface area (Å²) in [4.78, 5) is 21.9. The highest BCUT2D eigenvalue weighted by Gasteiger charge is 2.62. The summed E-state index contributed by atoms with van der Waals surface area (Å²) < 4.78 is 0. The van der Waals surface area contributed by atoms with Crippen LogP contribution in [0.4, 0.5) is 5.69 Å². The second kappa shape index (κ2) is 5.50. The Bertz CT molecular complexity index is 699. The van der Waals surface area contributed by atoms with Gasteiger partial charge in [-0.3, -0.25) is 9.78 Å². The minimum atomic E-state index is -0.281. The number of para-hydroxylation sites is 1. The number of benzene rings is 1. The van der Waals surface area contributed by atoms with Gasteiger partial charge in [-0.15, -0.1) is 0 Å². The minimum absolute atomic E-state index is 0.0484. The lowest BCUT2D eigenvalue weighted by Gasteiger charge is -2.58. The van der Waals surface area contributed by atoms with Gasteiger partial charge in [0.05, 0.1) is 17.2 Å². The van der Waals surface area contributed by atoms with Crippen LogP contribution in [-0.2, 0) is 4.79 Å². The van der Waals surface area contributed by atoms with E-state index in [1.807, 2.05) is 59.6 Å². The number of piperidine rings is 1. The predicted molar refractivity (Wildman–Crippen MR) is 92.7 cm³/mol. The molecule has 2 fully saturated rings. The van der Waals surface area contributed by atoms with Crippen molar-refractivity contribution >= 4 is 19.6 Å². The van der Waals surface area contributed by atoms with Gasteiger partial charge in [-0.05, 0) is 50.2 Å². The lowest BCUT2D eigenvalue weighted by molar-refractivity contribution is -0.144. The Kier molecular flexibility index (Phi) is 3.45. The Hall–Kier alpha value is -2.14. The Labute approximate surface area is 137 Å². The molecule has 0 aliphatic carbocycles. The summed E-state index contributed by atoms with van der Waals surface area (Å²) >= 11 is 0. The Morgan fingerprint density at radius 3 is 2.39 bits per heavy atom. The van der Waals surface area contributed by atoms with E-state index in [4.69, 9.17) is 0 Å². The van der Waals surface area contributed by atoms with Gasteiger partial charge in [-0.25, -0.2) is 0 Å². The van der Waals surface area contributed by atoms with Gasteiger partial charge >= 0.3 is 0 Å². The topological polar surface area (TPSA) is 36.4 Å². The predicted octanol–water partition coefficient (Wildman–Crippen LogP) is 1.80. The number of carbonyl (C=O) groups excluding carboxylic acids is 1. The summed E-state index contributed by atoms with van der Waals surface area (Å²) in [6.07, 6.45) is 3.64. The Morgan fingerprint density at radius 2 is 1.74 bits per heavy atom. The summed E-state index contributed by atoms with van der Waals surface area (Å²) in [6.45, 7) is 1.94. The maximum Gasteiger partial charge on any atom is 0.236 e. The molecule has 4 rings (SSSR count). The van der Waals surface area contributed by atoms with Crippen molar-refractivity contribution < 1.29 is 4.79 Å². The number of hydrogen-bond donors (Lipinski definition) is 0. The molecule has 2 aliphatic rings. The van der Waals surface area contributed by atoms with E-state index >= 15 is 0 Å². The summed E-state index contributed by atoms with van der Waals surface area (Å²) in [7, 11) is 2.13. The highest BCUT2D eigenvalue weighted by Crippen LogP contribution is 2.56. The van der Waals surface area contributed by atoms with Gasteiger partial charge in [0.15, 0.2) is 7.98 Å². The number of rotatable bonds is 2. The van der Waals surface area contributed by atoms with Gasteiger partial charge < -0.3 is 9.71 Å². The molecule has 0 saturated carbocycles. The van der Waals surface area contributed by atoms with Crippen LogP contribution >= 0.6 is 0 Å². The lowest BCUT2D eigenvalue weighted by Crippen LogP contribution is -2.66. The maximum atomic E-state index is 13.1. The average Bonchev–Trinajstić information content (AvgIpc) is 2.61. The first kappa shape index (κ1) is 14.5. The second-order valence-electron chi connectivity index (χ2n) is 6.63. The zero-order valence-corrected chi connectivity index (χ0v) is 13.4. The summed E-state index contributed by atoms with van der Waals surface area (Å²) in [5, 5.41) is 0. The van der Waals surface area contributed by atoms with Crippen molar-refractivity contribution in [1.82, 2.24) is 9.79 Å². The molecule has 2 aliphatic heterocycles. The molecule has 1 unspecified atom stereocenters. The van der Waals surface area contributed by atoms with E-state index in [1.54, 1.807) is 0 Å². The average molecular weight is 305 g/mol. The second-order valence-corrected chi connectivity index (χ2v) is 6.63. The van der Waals surface area contributed by atoms with Crippen molar-refractivity contribution in [3.63, 3.8) is 0 Å². The van der Waals surface area contributed by atoms with Crippen molar-refractivity contribution in [3.05, 3.63) is 60.4 Å². The van der Waals surface area contributed by atoms with E-state index in [9.17, 15) is 4.79 Å². The first-order chi connectivity index (χ1) is 11.2. The van der Waals surface area contributed by atoms with Crippen LogP contribution in [0.5, 0.6) is 0 Å². The molecule has 5 heteroatoms. The first-order valence-corrected chi connectivity index (χ1v) is 8.20. The fourth-order valence-electron chi connectivity index (χ4n) is 3.97. The van der Waals surface area contributed by atoms with Gasteiger partial charge in [-0.2, -0.15) is 0 Å². The van der Waals surface area contributed by atoms with Gasteiger partial charge in [-0.1, -0.05) is 24.3 Å². The summed E-state index contributed by atoms with van der Waals surface area (Å²) in [5.41, 5.74) is 1.69. The Morgan fingerprint density at radius 1 is 1.04 bits per heavy atom. The molecule has 0 bridgehead atoms. The molecule has 116 valence electrons. The number of amides is 1. The fraction of sp³-hybridized carbons (Fsp3) is 0.333. The van der Waals surface area contributed by atoms with Crippen LogP contribution in [0.3, 0.4) is 0 Å². The molecule has 23 heavy (non-hydrogen) atoms. The summed E-state index contributed by atoms with van der Waals surface area (Å²) in [5.74, 6) is 0.257. The molecule has 0 N–H and O–H groups in total. The zero-order valence-electron chi connectivity index (χ0n) is 13.4. The molecule has 2 aromatic rings. The standard InChI is InChI=1S/C18H20BN3O/c19-21-12-9-18(10-13-21)16(15-8-4-5-11-20-15)22(17(18)23)14-6-2-1-3-7-14/h1-8,11,16H,9-10,12-13,19H2. The quantitative estimate of drug-likeness (QED) is 0.627. The number of pyridine rings is 1. The molecular weight excluding hydrogens is 285 g/mol. The van der Waals surface area contributed by atoms with E-state index in [1.165, 1.54) is 0 Å². The number of hydrogen-bond acceptors (Lipinski definition) is 3. The zero-order chi connectivity index (χ0) is 15.9. The van der Waals surface area contributed by atoms with Crippen LogP contribution in [0.15, 0.2) is 54.7 Å². The van der Waals surface area contributed by atoms with Gasteiger partial charge in [0, 0.05) is 11.9 Å². The van der Waals surface area contributed by atoms with Crippen LogP contribution in [0.1, 0.15) is 24.6 Å². The largest absolute Gasteiger partial charge is 0.349 e. The fourth-order valence-corrected chi connectivity index (χ4v) is 3.97. The van der Waals surface area contributed by atoms with Gasteiger partial charge in [0.1, 0.15) is 0 Å². The highest BCUT2D eigenvalue weighted by molar-refractivity contribution is 6.07.